The first-order chi connectivity index (χ1) is 11.1. The topological polar surface area (TPSA) is 51.2 Å². The summed E-state index contributed by atoms with van der Waals surface area (Å²) in [6.07, 6.45) is 3.37. The maximum atomic E-state index is 10.4. The summed E-state index contributed by atoms with van der Waals surface area (Å²) in [5, 5.41) is 10.4. The fourth-order valence-electron chi connectivity index (χ4n) is 4.38. The minimum Gasteiger partial charge on any atom is -0.493 e. The van der Waals surface area contributed by atoms with Crippen molar-refractivity contribution in [3.63, 3.8) is 0 Å². The summed E-state index contributed by atoms with van der Waals surface area (Å²) >= 11 is 0. The highest BCUT2D eigenvalue weighted by Crippen LogP contribution is 2.50. The molecule has 0 saturated carbocycles. The van der Waals surface area contributed by atoms with E-state index in [1.807, 2.05) is 12.1 Å². The number of benzene rings is 1. The minimum absolute atomic E-state index is 0.00454. The number of likely N-dealkylation sites (tertiary alicyclic amines) is 1. The summed E-state index contributed by atoms with van der Waals surface area (Å²) in [6.45, 7) is 1.07. The maximum absolute atomic E-state index is 10.4. The fraction of sp³-hybridized carbons (Fsp3) is 0.556. The first-order valence-corrected chi connectivity index (χ1v) is 8.12. The van der Waals surface area contributed by atoms with Gasteiger partial charge in [-0.25, -0.2) is 0 Å². The zero-order valence-electron chi connectivity index (χ0n) is 13.8. The first-order valence-electron chi connectivity index (χ1n) is 8.12. The number of aliphatic hydroxyl groups excluding tert-OH is 1. The van der Waals surface area contributed by atoms with Crippen molar-refractivity contribution in [2.75, 3.05) is 27.8 Å². The van der Waals surface area contributed by atoms with Gasteiger partial charge in [-0.1, -0.05) is 11.6 Å². The number of likely N-dealkylation sites (N-methyl/N-ethyl adjacent to an activating group) is 1. The van der Waals surface area contributed by atoms with Gasteiger partial charge in [0.25, 0.3) is 0 Å². The Kier molecular flexibility index (Phi) is 3.59. The van der Waals surface area contributed by atoms with Crippen LogP contribution < -0.4 is 9.47 Å². The molecular formula is C18H23NO4. The average Bonchev–Trinajstić information content (AvgIpc) is 2.95. The zero-order chi connectivity index (χ0) is 16.1. The molecule has 4 atom stereocenters. The molecule has 1 aliphatic carbocycles. The molecule has 0 radical (unpaired) electrons. The van der Waals surface area contributed by atoms with Gasteiger partial charge in [-0.2, -0.15) is 0 Å². The standard InChI is InChI=1S/C18H23NO4/c1-19-7-6-10-4-5-13-16(17(10)19)11-8-14(21-2)15(22-3)9-12(11)18(20)23-13/h4,8-9,13,16-18,20H,5-7H2,1-3H3/t13-,16-,17-,18?/m1/s1. The first kappa shape index (κ1) is 15.0. The SMILES string of the molecule is COc1cc2c(cc1OC)[C@H]1[C@H]3C(=CC[C@H]1OC2O)CCN3C. The number of aliphatic hydroxyl groups is 1. The van der Waals surface area contributed by atoms with E-state index in [1.54, 1.807) is 14.2 Å². The third-order valence-electron chi connectivity index (χ3n) is 5.48. The summed E-state index contributed by atoms with van der Waals surface area (Å²) in [6, 6.07) is 4.22. The second kappa shape index (κ2) is 5.51. The van der Waals surface area contributed by atoms with Gasteiger partial charge >= 0.3 is 0 Å². The van der Waals surface area contributed by atoms with Crippen LogP contribution in [0.4, 0.5) is 0 Å². The van der Waals surface area contributed by atoms with Crippen molar-refractivity contribution in [1.82, 2.24) is 4.90 Å². The minimum atomic E-state index is -0.910. The lowest BCUT2D eigenvalue weighted by Gasteiger charge is -2.44. The second-order valence-corrected chi connectivity index (χ2v) is 6.58. The van der Waals surface area contributed by atoms with Crippen LogP contribution >= 0.6 is 0 Å². The number of rotatable bonds is 2. The van der Waals surface area contributed by atoms with Crippen molar-refractivity contribution in [1.29, 1.82) is 0 Å². The molecule has 1 unspecified atom stereocenters. The van der Waals surface area contributed by atoms with Crippen LogP contribution in [0.5, 0.6) is 11.5 Å². The summed E-state index contributed by atoms with van der Waals surface area (Å²) in [4.78, 5) is 2.39. The van der Waals surface area contributed by atoms with Crippen molar-refractivity contribution >= 4 is 0 Å². The third-order valence-corrected chi connectivity index (χ3v) is 5.48. The lowest BCUT2D eigenvalue weighted by atomic mass is 9.74. The van der Waals surface area contributed by atoms with Crippen LogP contribution in [-0.4, -0.2) is 50.0 Å². The molecule has 2 aliphatic heterocycles. The number of hydrogen-bond acceptors (Lipinski definition) is 5. The molecule has 0 amide bonds. The number of fused-ring (bicyclic) bond motifs is 5. The lowest BCUT2D eigenvalue weighted by Crippen LogP contribution is -2.44. The van der Waals surface area contributed by atoms with Gasteiger partial charge < -0.3 is 19.3 Å². The lowest BCUT2D eigenvalue weighted by molar-refractivity contribution is -0.162. The molecule has 1 aromatic rings. The Morgan fingerprint density at radius 1 is 1.17 bits per heavy atom. The van der Waals surface area contributed by atoms with Gasteiger partial charge in [0, 0.05) is 24.1 Å². The predicted octanol–water partition coefficient (Wildman–Crippen LogP) is 2.21. The third kappa shape index (κ3) is 2.18. The molecule has 3 aliphatic rings. The number of hydrogen-bond donors (Lipinski definition) is 1. The molecule has 1 N–H and O–H groups in total. The van der Waals surface area contributed by atoms with Gasteiger partial charge in [0.1, 0.15) is 0 Å². The Bertz CT molecular complexity index is 657. The van der Waals surface area contributed by atoms with Crippen molar-refractivity contribution < 1.29 is 19.3 Å². The monoisotopic (exact) mass is 317 g/mol. The van der Waals surface area contributed by atoms with E-state index in [2.05, 4.69) is 18.0 Å². The summed E-state index contributed by atoms with van der Waals surface area (Å²) in [5.74, 6) is 1.55. The van der Waals surface area contributed by atoms with Gasteiger partial charge in [-0.05, 0) is 37.6 Å². The zero-order valence-corrected chi connectivity index (χ0v) is 13.8. The molecule has 23 heavy (non-hydrogen) atoms. The van der Waals surface area contributed by atoms with Crippen LogP contribution in [0.15, 0.2) is 23.8 Å². The van der Waals surface area contributed by atoms with E-state index < -0.39 is 6.29 Å². The predicted molar refractivity (Wildman–Crippen MR) is 85.9 cm³/mol. The quantitative estimate of drug-likeness (QED) is 0.848. The molecule has 1 aromatic carbocycles. The van der Waals surface area contributed by atoms with E-state index in [4.69, 9.17) is 14.2 Å². The maximum Gasteiger partial charge on any atom is 0.181 e. The molecular weight excluding hydrogens is 294 g/mol. The highest BCUT2D eigenvalue weighted by Gasteiger charge is 2.46. The summed E-state index contributed by atoms with van der Waals surface area (Å²) in [7, 11) is 5.42. The molecule has 2 heterocycles. The molecule has 0 aromatic heterocycles. The number of nitrogens with zero attached hydrogens (tertiary/aromatic N) is 1. The Balaban J connectivity index is 1.86. The van der Waals surface area contributed by atoms with Crippen LogP contribution in [0.2, 0.25) is 0 Å². The Morgan fingerprint density at radius 2 is 1.87 bits per heavy atom. The summed E-state index contributed by atoms with van der Waals surface area (Å²) in [5.41, 5.74) is 3.41. The molecule has 1 fully saturated rings. The van der Waals surface area contributed by atoms with E-state index >= 15 is 0 Å². The normalized spacial score (nSPS) is 32.6. The molecule has 0 spiro atoms. The van der Waals surface area contributed by atoms with E-state index in [0.29, 0.717) is 17.5 Å². The van der Waals surface area contributed by atoms with Gasteiger partial charge in [0.05, 0.1) is 20.3 Å². The van der Waals surface area contributed by atoms with Crippen molar-refractivity contribution in [2.45, 2.75) is 37.2 Å². The number of methoxy groups -OCH3 is 2. The molecule has 5 heteroatoms. The van der Waals surface area contributed by atoms with Crippen LogP contribution in [0.3, 0.4) is 0 Å². The fourth-order valence-corrected chi connectivity index (χ4v) is 4.38. The second-order valence-electron chi connectivity index (χ2n) is 6.58. The van der Waals surface area contributed by atoms with Gasteiger partial charge in [-0.3, -0.25) is 4.90 Å². The average molecular weight is 317 g/mol. The van der Waals surface area contributed by atoms with Gasteiger partial charge in [-0.15, -0.1) is 0 Å². The van der Waals surface area contributed by atoms with Crippen LogP contribution in [0.1, 0.15) is 36.2 Å². The van der Waals surface area contributed by atoms with Crippen LogP contribution in [-0.2, 0) is 4.74 Å². The molecule has 4 rings (SSSR count). The van der Waals surface area contributed by atoms with E-state index in [0.717, 1.165) is 30.5 Å². The Morgan fingerprint density at radius 3 is 2.57 bits per heavy atom. The van der Waals surface area contributed by atoms with E-state index in [-0.39, 0.29) is 12.0 Å². The van der Waals surface area contributed by atoms with Crippen molar-refractivity contribution in [2.24, 2.45) is 0 Å². The largest absolute Gasteiger partial charge is 0.493 e. The number of ether oxygens (including phenoxy) is 3. The van der Waals surface area contributed by atoms with Crippen molar-refractivity contribution in [3.8, 4) is 11.5 Å². The molecule has 0 bridgehead atoms. The smallest absolute Gasteiger partial charge is 0.181 e. The highest BCUT2D eigenvalue weighted by molar-refractivity contribution is 5.52. The van der Waals surface area contributed by atoms with Crippen molar-refractivity contribution in [3.05, 3.63) is 34.9 Å². The van der Waals surface area contributed by atoms with Gasteiger partial charge in [0.15, 0.2) is 17.8 Å². The Hall–Kier alpha value is -1.56. The Labute approximate surface area is 136 Å². The van der Waals surface area contributed by atoms with Crippen LogP contribution in [0, 0.1) is 0 Å². The van der Waals surface area contributed by atoms with E-state index in [1.165, 1.54) is 5.57 Å². The summed E-state index contributed by atoms with van der Waals surface area (Å²) < 4.78 is 16.8. The van der Waals surface area contributed by atoms with Crippen LogP contribution in [0.25, 0.3) is 0 Å². The molecule has 5 nitrogen and oxygen atoms in total. The molecule has 124 valence electrons. The van der Waals surface area contributed by atoms with Gasteiger partial charge in [0.2, 0.25) is 0 Å². The highest BCUT2D eigenvalue weighted by atomic mass is 16.6. The van der Waals surface area contributed by atoms with E-state index in [9.17, 15) is 5.11 Å². The molecule has 1 saturated heterocycles.